The van der Waals surface area contributed by atoms with Crippen molar-refractivity contribution in [1.82, 2.24) is 19.7 Å². The Bertz CT molecular complexity index is 1190. The molecule has 134 valence electrons. The summed E-state index contributed by atoms with van der Waals surface area (Å²) < 4.78 is 1.66. The number of hydrogen-bond donors (Lipinski definition) is 2. The lowest BCUT2D eigenvalue weighted by atomic mass is 10.1. The number of rotatable bonds is 3. The zero-order valence-corrected chi connectivity index (χ0v) is 15.1. The smallest absolute Gasteiger partial charge is 0.262 e. The average molecular weight is 376 g/mol. The van der Waals surface area contributed by atoms with Gasteiger partial charge in [-0.2, -0.15) is 5.10 Å². The molecule has 7 heteroatoms. The Morgan fingerprint density at radius 2 is 1.89 bits per heavy atom. The third kappa shape index (κ3) is 2.75. The van der Waals surface area contributed by atoms with Gasteiger partial charge in [0.1, 0.15) is 5.39 Å². The molecule has 2 aromatic carbocycles. The fraction of sp³-hybridized carbons (Fsp3) is 0.150. The lowest BCUT2D eigenvalue weighted by Gasteiger charge is -2.13. The molecule has 1 aliphatic carbocycles. The zero-order valence-electron chi connectivity index (χ0n) is 14.2. The van der Waals surface area contributed by atoms with Crippen LogP contribution in [0.25, 0.3) is 16.7 Å². The van der Waals surface area contributed by atoms with Gasteiger partial charge in [0.25, 0.3) is 5.56 Å². The topological polar surface area (TPSA) is 83.8 Å². The third-order valence-electron chi connectivity index (χ3n) is 4.83. The van der Waals surface area contributed by atoms with Crippen LogP contribution in [0, 0.1) is 0 Å². The first kappa shape index (κ1) is 16.3. The van der Waals surface area contributed by atoms with Crippen molar-refractivity contribution in [2.45, 2.75) is 22.9 Å². The third-order valence-corrected chi connectivity index (χ3v) is 5.97. The Kier molecular flexibility index (Phi) is 3.84. The Morgan fingerprint density at radius 3 is 2.70 bits per heavy atom. The molecule has 1 aliphatic rings. The van der Waals surface area contributed by atoms with E-state index in [-0.39, 0.29) is 10.8 Å². The van der Waals surface area contributed by atoms with Gasteiger partial charge in [0.05, 0.1) is 18.0 Å². The second-order valence-electron chi connectivity index (χ2n) is 6.50. The summed E-state index contributed by atoms with van der Waals surface area (Å²) in [6, 6.07) is 17.5. The Balaban J connectivity index is 1.53. The minimum Gasteiger partial charge on any atom is -0.387 e. The van der Waals surface area contributed by atoms with Crippen LogP contribution in [0.4, 0.5) is 0 Å². The van der Waals surface area contributed by atoms with E-state index in [2.05, 4.69) is 15.1 Å². The molecule has 0 saturated heterocycles. The maximum atomic E-state index is 12.5. The zero-order chi connectivity index (χ0) is 18.4. The molecule has 0 unspecified atom stereocenters. The summed E-state index contributed by atoms with van der Waals surface area (Å²) in [7, 11) is 0. The number of aliphatic hydroxyl groups is 1. The van der Waals surface area contributed by atoms with Crippen molar-refractivity contribution >= 4 is 22.8 Å². The normalized spacial score (nSPS) is 18.7. The molecule has 6 nitrogen and oxygen atoms in total. The van der Waals surface area contributed by atoms with Gasteiger partial charge < -0.3 is 10.1 Å². The highest BCUT2D eigenvalue weighted by Crippen LogP contribution is 2.40. The summed E-state index contributed by atoms with van der Waals surface area (Å²) in [6.45, 7) is 0. The van der Waals surface area contributed by atoms with Crippen molar-refractivity contribution in [3.8, 4) is 5.69 Å². The average Bonchev–Trinajstić information content (AvgIpc) is 3.25. The first-order chi connectivity index (χ1) is 13.2. The maximum Gasteiger partial charge on any atom is 0.262 e. The van der Waals surface area contributed by atoms with Crippen LogP contribution in [0.3, 0.4) is 0 Å². The summed E-state index contributed by atoms with van der Waals surface area (Å²) in [4.78, 5) is 19.9. The van der Waals surface area contributed by atoms with Gasteiger partial charge in [0.2, 0.25) is 0 Å². The molecule has 2 heterocycles. The highest BCUT2D eigenvalue weighted by Gasteiger charge is 2.32. The van der Waals surface area contributed by atoms with E-state index in [0.29, 0.717) is 16.2 Å². The minimum absolute atomic E-state index is 0.0869. The van der Waals surface area contributed by atoms with E-state index in [0.717, 1.165) is 23.2 Å². The lowest BCUT2D eigenvalue weighted by Crippen LogP contribution is -2.14. The molecule has 0 radical (unpaired) electrons. The molecule has 0 fully saturated rings. The number of H-pyrrole nitrogens is 1. The SMILES string of the molecule is O=c1[nH]c(S[C@@H]2Cc3ccccc3[C@@H]2O)nc2c1cnn2-c1ccccc1. The molecule has 0 saturated carbocycles. The molecule has 2 atom stereocenters. The lowest BCUT2D eigenvalue weighted by molar-refractivity contribution is 0.185. The number of nitrogens with zero attached hydrogens (tertiary/aromatic N) is 3. The summed E-state index contributed by atoms with van der Waals surface area (Å²) >= 11 is 1.39. The van der Waals surface area contributed by atoms with Crippen LogP contribution in [0.1, 0.15) is 17.2 Å². The van der Waals surface area contributed by atoms with Gasteiger partial charge in [-0.05, 0) is 29.7 Å². The standard InChI is InChI=1S/C20H16N4O2S/c25-17-14-9-5-4-6-12(14)10-16(17)27-20-22-18-15(19(26)23-20)11-21-24(18)13-7-2-1-3-8-13/h1-9,11,16-17,25H,10H2,(H,22,23,26)/t16-,17+/m1/s1. The molecule has 0 spiro atoms. The van der Waals surface area contributed by atoms with E-state index in [9.17, 15) is 9.90 Å². The van der Waals surface area contributed by atoms with E-state index in [1.165, 1.54) is 18.0 Å². The summed E-state index contributed by atoms with van der Waals surface area (Å²) in [5.74, 6) is 0. The number of thioether (sulfide) groups is 1. The van der Waals surface area contributed by atoms with Crippen LogP contribution in [0.2, 0.25) is 0 Å². The molecule has 0 aliphatic heterocycles. The number of aromatic nitrogens is 4. The highest BCUT2D eigenvalue weighted by molar-refractivity contribution is 7.99. The number of nitrogens with one attached hydrogen (secondary N) is 1. The van der Waals surface area contributed by atoms with Gasteiger partial charge in [-0.3, -0.25) is 4.79 Å². The largest absolute Gasteiger partial charge is 0.387 e. The van der Waals surface area contributed by atoms with Gasteiger partial charge in [0.15, 0.2) is 10.8 Å². The predicted octanol–water partition coefficient (Wildman–Crippen LogP) is 2.86. The van der Waals surface area contributed by atoms with Crippen molar-refractivity contribution in [2.24, 2.45) is 0 Å². The summed E-state index contributed by atoms with van der Waals surface area (Å²) in [5, 5.41) is 15.8. The van der Waals surface area contributed by atoms with Gasteiger partial charge in [0, 0.05) is 5.25 Å². The number of aromatic amines is 1. The van der Waals surface area contributed by atoms with Crippen LogP contribution in [0.5, 0.6) is 0 Å². The van der Waals surface area contributed by atoms with Crippen molar-refractivity contribution in [2.75, 3.05) is 0 Å². The first-order valence-corrected chi connectivity index (χ1v) is 9.54. The van der Waals surface area contributed by atoms with Crippen molar-refractivity contribution in [3.05, 3.63) is 82.3 Å². The fourth-order valence-electron chi connectivity index (χ4n) is 3.50. The van der Waals surface area contributed by atoms with E-state index >= 15 is 0 Å². The molecule has 2 N–H and O–H groups in total. The first-order valence-electron chi connectivity index (χ1n) is 8.67. The Hall–Kier alpha value is -2.90. The monoisotopic (exact) mass is 376 g/mol. The highest BCUT2D eigenvalue weighted by atomic mass is 32.2. The van der Waals surface area contributed by atoms with Gasteiger partial charge in [-0.25, -0.2) is 9.67 Å². The van der Waals surface area contributed by atoms with Crippen LogP contribution in [-0.2, 0) is 6.42 Å². The fourth-order valence-corrected chi connectivity index (χ4v) is 4.62. The van der Waals surface area contributed by atoms with E-state index in [4.69, 9.17) is 0 Å². The molecule has 0 bridgehead atoms. The number of hydrogen-bond acceptors (Lipinski definition) is 5. The number of benzene rings is 2. The van der Waals surface area contributed by atoms with Crippen LogP contribution in [-0.4, -0.2) is 30.1 Å². The van der Waals surface area contributed by atoms with Crippen LogP contribution >= 0.6 is 11.8 Å². The van der Waals surface area contributed by atoms with E-state index in [1.54, 1.807) is 4.68 Å². The van der Waals surface area contributed by atoms with Gasteiger partial charge in [-0.1, -0.05) is 54.2 Å². The van der Waals surface area contributed by atoms with Gasteiger partial charge >= 0.3 is 0 Å². The molecule has 4 aromatic rings. The quantitative estimate of drug-likeness (QED) is 0.537. The second-order valence-corrected chi connectivity index (χ2v) is 7.73. The number of aliphatic hydroxyl groups excluding tert-OH is 1. The van der Waals surface area contributed by atoms with E-state index < -0.39 is 6.10 Å². The molecule has 0 amide bonds. The Labute approximate surface area is 158 Å². The van der Waals surface area contributed by atoms with Crippen LogP contribution in [0.15, 0.2) is 70.7 Å². The summed E-state index contributed by atoms with van der Waals surface area (Å²) in [6.07, 6.45) is 1.69. The number of para-hydroxylation sites is 1. The molecular formula is C20H16N4O2S. The Morgan fingerprint density at radius 1 is 1.11 bits per heavy atom. The summed E-state index contributed by atoms with van der Waals surface area (Å²) in [5.41, 5.74) is 3.22. The second kappa shape index (κ2) is 6.37. The minimum atomic E-state index is -0.578. The van der Waals surface area contributed by atoms with Crippen molar-refractivity contribution < 1.29 is 5.11 Å². The number of fused-ring (bicyclic) bond motifs is 2. The molecular weight excluding hydrogens is 360 g/mol. The molecule has 27 heavy (non-hydrogen) atoms. The van der Waals surface area contributed by atoms with Crippen LogP contribution < -0.4 is 5.56 Å². The predicted molar refractivity (Wildman–Crippen MR) is 104 cm³/mol. The van der Waals surface area contributed by atoms with Crippen molar-refractivity contribution in [1.29, 1.82) is 0 Å². The molecule has 5 rings (SSSR count). The maximum absolute atomic E-state index is 12.5. The van der Waals surface area contributed by atoms with E-state index in [1.807, 2.05) is 54.6 Å². The van der Waals surface area contributed by atoms with Crippen molar-refractivity contribution in [3.63, 3.8) is 0 Å². The van der Waals surface area contributed by atoms with Gasteiger partial charge in [-0.15, -0.1) is 0 Å². The molecule has 2 aromatic heterocycles.